The molecule has 0 saturated carbocycles. The Morgan fingerprint density at radius 2 is 1.77 bits per heavy atom. The van der Waals surface area contributed by atoms with Crippen molar-refractivity contribution in [3.05, 3.63) is 81.9 Å². The van der Waals surface area contributed by atoms with Crippen LogP contribution in [0.15, 0.2) is 65.8 Å². The summed E-state index contributed by atoms with van der Waals surface area (Å²) in [7, 11) is 0. The van der Waals surface area contributed by atoms with E-state index in [1.54, 1.807) is 12.1 Å². The molecular formula is C16H13N3O3. The van der Waals surface area contributed by atoms with Crippen molar-refractivity contribution in [2.45, 2.75) is 0 Å². The number of para-hydroxylation sites is 1. The number of hydrogen-bond donors (Lipinski definition) is 1. The first-order chi connectivity index (χ1) is 10.7. The predicted molar refractivity (Wildman–Crippen MR) is 84.5 cm³/mol. The minimum atomic E-state index is -0.628. The maximum Gasteiger partial charge on any atom is 0.282 e. The minimum Gasteiger partial charge on any atom is -0.267 e. The van der Waals surface area contributed by atoms with Gasteiger partial charge in [0.25, 0.3) is 11.6 Å². The Balaban J connectivity index is 1.97. The van der Waals surface area contributed by atoms with Crippen LogP contribution in [0.4, 0.5) is 5.69 Å². The Morgan fingerprint density at radius 3 is 2.50 bits per heavy atom. The molecule has 0 radical (unpaired) electrons. The zero-order valence-electron chi connectivity index (χ0n) is 11.5. The van der Waals surface area contributed by atoms with Gasteiger partial charge < -0.3 is 0 Å². The van der Waals surface area contributed by atoms with Crippen molar-refractivity contribution in [1.82, 2.24) is 5.43 Å². The molecule has 2 aromatic carbocycles. The van der Waals surface area contributed by atoms with Crippen LogP contribution >= 0.6 is 0 Å². The molecular weight excluding hydrogens is 282 g/mol. The smallest absolute Gasteiger partial charge is 0.267 e. The highest BCUT2D eigenvalue weighted by molar-refractivity contribution is 5.98. The quantitative estimate of drug-likeness (QED) is 0.522. The fourth-order valence-corrected chi connectivity index (χ4v) is 1.74. The Labute approximate surface area is 126 Å². The number of rotatable bonds is 5. The summed E-state index contributed by atoms with van der Waals surface area (Å²) < 4.78 is 0. The molecule has 0 heterocycles. The normalized spacial score (nSPS) is 10.9. The second-order valence-electron chi connectivity index (χ2n) is 4.26. The number of nitro benzene ring substituents is 1. The second-order valence-corrected chi connectivity index (χ2v) is 4.26. The van der Waals surface area contributed by atoms with Gasteiger partial charge in [0.05, 0.1) is 4.92 Å². The molecule has 1 amide bonds. The van der Waals surface area contributed by atoms with Gasteiger partial charge in [-0.3, -0.25) is 14.9 Å². The van der Waals surface area contributed by atoms with E-state index < -0.39 is 10.8 Å². The van der Waals surface area contributed by atoms with Crippen LogP contribution in [-0.2, 0) is 0 Å². The number of carbonyl (C=O) groups excluding carboxylic acids is 1. The van der Waals surface area contributed by atoms with Gasteiger partial charge in [0.1, 0.15) is 5.56 Å². The third-order valence-electron chi connectivity index (χ3n) is 2.76. The summed E-state index contributed by atoms with van der Waals surface area (Å²) in [5, 5.41) is 14.6. The summed E-state index contributed by atoms with van der Waals surface area (Å²) in [4.78, 5) is 22.1. The molecule has 2 rings (SSSR count). The number of nitrogens with zero attached hydrogens (tertiary/aromatic N) is 2. The Morgan fingerprint density at radius 1 is 1.09 bits per heavy atom. The molecule has 0 aliphatic heterocycles. The summed E-state index contributed by atoms with van der Waals surface area (Å²) in [6, 6.07) is 15.3. The summed E-state index contributed by atoms with van der Waals surface area (Å²) in [6.45, 7) is 0. The number of hydrazone groups is 1. The topological polar surface area (TPSA) is 84.6 Å². The first-order valence-corrected chi connectivity index (χ1v) is 6.47. The highest BCUT2D eigenvalue weighted by Gasteiger charge is 2.18. The van der Waals surface area contributed by atoms with Crippen molar-refractivity contribution in [2.75, 3.05) is 0 Å². The van der Waals surface area contributed by atoms with Gasteiger partial charge in [-0.15, -0.1) is 0 Å². The Kier molecular flexibility index (Phi) is 5.15. The number of amides is 1. The fraction of sp³-hybridized carbons (Fsp3) is 0. The summed E-state index contributed by atoms with van der Waals surface area (Å²) >= 11 is 0. The maximum atomic E-state index is 11.8. The number of nitrogens with one attached hydrogen (secondary N) is 1. The highest BCUT2D eigenvalue weighted by Crippen LogP contribution is 2.17. The number of carbonyl (C=O) groups is 1. The maximum absolute atomic E-state index is 11.8. The van der Waals surface area contributed by atoms with E-state index >= 15 is 0 Å². The number of benzene rings is 2. The Bertz CT molecular complexity index is 724. The van der Waals surface area contributed by atoms with Crippen molar-refractivity contribution in [2.24, 2.45) is 5.10 Å². The molecule has 0 aromatic heterocycles. The van der Waals surface area contributed by atoms with Gasteiger partial charge in [0.2, 0.25) is 0 Å². The predicted octanol–water partition coefficient (Wildman–Crippen LogP) is 3.02. The van der Waals surface area contributed by atoms with Crippen LogP contribution in [0.3, 0.4) is 0 Å². The zero-order chi connectivity index (χ0) is 15.8. The average molecular weight is 295 g/mol. The fourth-order valence-electron chi connectivity index (χ4n) is 1.74. The van der Waals surface area contributed by atoms with Crippen LogP contribution in [0.1, 0.15) is 15.9 Å². The van der Waals surface area contributed by atoms with Crippen molar-refractivity contribution in [3.63, 3.8) is 0 Å². The van der Waals surface area contributed by atoms with Gasteiger partial charge in [-0.25, -0.2) is 5.43 Å². The molecule has 0 fully saturated rings. The summed E-state index contributed by atoms with van der Waals surface area (Å²) in [6.07, 6.45) is 4.88. The minimum absolute atomic E-state index is 0.0308. The van der Waals surface area contributed by atoms with Gasteiger partial charge >= 0.3 is 0 Å². The monoisotopic (exact) mass is 295 g/mol. The molecule has 110 valence electrons. The molecule has 0 unspecified atom stereocenters. The molecule has 0 saturated heterocycles. The van der Waals surface area contributed by atoms with E-state index in [2.05, 4.69) is 10.5 Å². The third-order valence-corrected chi connectivity index (χ3v) is 2.76. The molecule has 0 spiro atoms. The van der Waals surface area contributed by atoms with Crippen LogP contribution in [0.5, 0.6) is 0 Å². The van der Waals surface area contributed by atoms with E-state index in [0.717, 1.165) is 5.56 Å². The van der Waals surface area contributed by atoms with E-state index in [4.69, 9.17) is 0 Å². The van der Waals surface area contributed by atoms with Crippen LogP contribution in [-0.4, -0.2) is 17.0 Å². The molecule has 2 aromatic rings. The molecule has 6 nitrogen and oxygen atoms in total. The van der Waals surface area contributed by atoms with Crippen LogP contribution < -0.4 is 5.43 Å². The lowest BCUT2D eigenvalue weighted by Gasteiger charge is -2.00. The average Bonchev–Trinajstić information content (AvgIpc) is 2.55. The Hall–Kier alpha value is -3.28. The van der Waals surface area contributed by atoms with Crippen molar-refractivity contribution in [1.29, 1.82) is 0 Å². The van der Waals surface area contributed by atoms with Crippen LogP contribution in [0.25, 0.3) is 6.08 Å². The second kappa shape index (κ2) is 7.49. The first kappa shape index (κ1) is 15.1. The number of allylic oxidation sites excluding steroid dienone is 1. The first-order valence-electron chi connectivity index (χ1n) is 6.47. The number of nitro groups is 1. The lowest BCUT2D eigenvalue weighted by molar-refractivity contribution is -0.385. The SMILES string of the molecule is O=C(N/N=C\C=C\c1ccccc1)c1ccccc1[N+](=O)[O-]. The summed E-state index contributed by atoms with van der Waals surface area (Å²) in [5.41, 5.74) is 2.97. The summed E-state index contributed by atoms with van der Waals surface area (Å²) in [5.74, 6) is -0.628. The van der Waals surface area contributed by atoms with Crippen molar-refractivity contribution in [3.8, 4) is 0 Å². The molecule has 1 N–H and O–H groups in total. The van der Waals surface area contributed by atoms with Crippen LogP contribution in [0.2, 0.25) is 0 Å². The standard InChI is InChI=1S/C16H13N3O3/c20-16(14-10-4-5-11-15(14)19(21)22)18-17-12-6-9-13-7-2-1-3-8-13/h1-12H,(H,18,20)/b9-6+,17-12-. The molecule has 0 aliphatic carbocycles. The molecule has 22 heavy (non-hydrogen) atoms. The van der Waals surface area contributed by atoms with Crippen molar-refractivity contribution < 1.29 is 9.72 Å². The molecule has 6 heteroatoms. The van der Waals surface area contributed by atoms with E-state index in [-0.39, 0.29) is 11.3 Å². The van der Waals surface area contributed by atoms with Gasteiger partial charge in [0.15, 0.2) is 0 Å². The highest BCUT2D eigenvalue weighted by atomic mass is 16.6. The van der Waals surface area contributed by atoms with Gasteiger partial charge in [-0.05, 0) is 17.7 Å². The zero-order valence-corrected chi connectivity index (χ0v) is 11.5. The van der Waals surface area contributed by atoms with Crippen molar-refractivity contribution >= 4 is 23.9 Å². The van der Waals surface area contributed by atoms with Gasteiger partial charge in [-0.2, -0.15) is 5.10 Å². The van der Waals surface area contributed by atoms with E-state index in [9.17, 15) is 14.9 Å². The molecule has 0 atom stereocenters. The van der Waals surface area contributed by atoms with E-state index in [1.807, 2.05) is 36.4 Å². The lowest BCUT2D eigenvalue weighted by Crippen LogP contribution is -2.18. The largest absolute Gasteiger partial charge is 0.282 e. The number of hydrogen-bond acceptors (Lipinski definition) is 4. The van der Waals surface area contributed by atoms with E-state index in [0.29, 0.717) is 0 Å². The lowest BCUT2D eigenvalue weighted by atomic mass is 10.2. The third kappa shape index (κ3) is 4.11. The van der Waals surface area contributed by atoms with Gasteiger partial charge in [0, 0.05) is 12.3 Å². The van der Waals surface area contributed by atoms with E-state index in [1.165, 1.54) is 24.4 Å². The van der Waals surface area contributed by atoms with Crippen LogP contribution in [0, 0.1) is 10.1 Å². The van der Waals surface area contributed by atoms with Gasteiger partial charge in [-0.1, -0.05) is 48.5 Å². The molecule has 0 aliphatic rings. The molecule has 0 bridgehead atoms.